The van der Waals surface area contributed by atoms with Gasteiger partial charge in [-0.25, -0.2) is 9.37 Å². The molecule has 1 amide bonds. The smallest absolute Gasteiger partial charge is 0.246 e. The number of halogens is 2. The Balaban J connectivity index is 1.53. The fourth-order valence-electron chi connectivity index (χ4n) is 5.05. The first-order valence-electron chi connectivity index (χ1n) is 12.4. The van der Waals surface area contributed by atoms with Crippen LogP contribution in [-0.4, -0.2) is 66.9 Å². The molecule has 198 valence electrons. The van der Waals surface area contributed by atoms with Gasteiger partial charge in [0.25, 0.3) is 0 Å². The number of aromatic nitrogens is 6. The number of fused-ring (bicyclic) bond motifs is 2. The van der Waals surface area contributed by atoms with E-state index in [-0.39, 0.29) is 28.0 Å². The van der Waals surface area contributed by atoms with E-state index >= 15 is 4.39 Å². The van der Waals surface area contributed by atoms with E-state index in [2.05, 4.69) is 32.2 Å². The zero-order valence-corrected chi connectivity index (χ0v) is 22.1. The van der Waals surface area contributed by atoms with Crippen LogP contribution in [0.25, 0.3) is 32.9 Å². The van der Waals surface area contributed by atoms with Crippen LogP contribution in [0.2, 0.25) is 5.02 Å². The number of carbonyl (C=O) groups excluding carboxylic acids is 1. The summed E-state index contributed by atoms with van der Waals surface area (Å²) in [6.07, 6.45) is 6.40. The topological polar surface area (TPSA) is 108 Å². The third-order valence-corrected chi connectivity index (χ3v) is 7.27. The predicted molar refractivity (Wildman–Crippen MR) is 150 cm³/mol. The maximum absolute atomic E-state index is 16.6. The van der Waals surface area contributed by atoms with Gasteiger partial charge in [-0.15, -0.1) is 0 Å². The van der Waals surface area contributed by atoms with Crippen LogP contribution in [-0.2, 0) is 11.8 Å². The highest BCUT2D eigenvalue weighted by molar-refractivity contribution is 6.35. The highest BCUT2D eigenvalue weighted by atomic mass is 35.5. The lowest BCUT2D eigenvalue weighted by Gasteiger charge is -2.35. The van der Waals surface area contributed by atoms with Crippen molar-refractivity contribution in [3.05, 3.63) is 65.8 Å². The van der Waals surface area contributed by atoms with Crippen LogP contribution >= 0.6 is 11.6 Å². The number of aromatic amines is 1. The SMILES string of the molecule is C=CC(=O)N1CCN(c2nc(Nc3cnn(C)c3)nc3c(F)c(-c4c(C)ccc5[nH]ncc45)c(Cl)cc23)CC1. The molecule has 1 saturated heterocycles. The Bertz CT molecular complexity index is 1750. The number of nitrogens with one attached hydrogen (secondary N) is 2. The molecule has 0 spiro atoms. The molecule has 4 heterocycles. The summed E-state index contributed by atoms with van der Waals surface area (Å²) in [5.74, 6) is 0.0829. The number of hydrogen-bond acceptors (Lipinski definition) is 7. The molecule has 5 aromatic rings. The van der Waals surface area contributed by atoms with Crippen molar-refractivity contribution in [1.29, 1.82) is 0 Å². The number of rotatable bonds is 5. The molecule has 1 aliphatic heterocycles. The average Bonchev–Trinajstić information content (AvgIpc) is 3.58. The quantitative estimate of drug-likeness (QED) is 0.311. The maximum Gasteiger partial charge on any atom is 0.246 e. The Morgan fingerprint density at radius 3 is 2.67 bits per heavy atom. The Morgan fingerprint density at radius 2 is 1.95 bits per heavy atom. The first-order chi connectivity index (χ1) is 18.8. The minimum absolute atomic E-state index is 0.122. The number of piperazine rings is 1. The minimum Gasteiger partial charge on any atom is -0.352 e. The van der Waals surface area contributed by atoms with Crippen molar-refractivity contribution in [3.8, 4) is 11.1 Å². The molecule has 0 radical (unpaired) electrons. The molecule has 1 aliphatic rings. The number of anilines is 3. The number of H-pyrrole nitrogens is 1. The molecule has 0 atom stereocenters. The summed E-state index contributed by atoms with van der Waals surface area (Å²) in [5.41, 5.74) is 3.35. The van der Waals surface area contributed by atoms with Gasteiger partial charge in [-0.3, -0.25) is 14.6 Å². The van der Waals surface area contributed by atoms with Gasteiger partial charge in [0.2, 0.25) is 11.9 Å². The average molecular weight is 546 g/mol. The summed E-state index contributed by atoms with van der Waals surface area (Å²) in [7, 11) is 1.80. The third-order valence-electron chi connectivity index (χ3n) is 6.97. The summed E-state index contributed by atoms with van der Waals surface area (Å²) < 4.78 is 18.2. The van der Waals surface area contributed by atoms with Crippen molar-refractivity contribution in [3.63, 3.8) is 0 Å². The summed E-state index contributed by atoms with van der Waals surface area (Å²) in [5, 5.41) is 15.9. The molecule has 2 aromatic carbocycles. The summed E-state index contributed by atoms with van der Waals surface area (Å²) in [4.78, 5) is 25.2. The standard InChI is InChI=1S/C27H25ClFN9O/c1-4-21(39)37-7-9-38(10-8-37)26-17-11-19(28)23(22-15(2)5-6-20-18(22)13-30-35-20)24(29)25(17)33-27(34-26)32-16-12-31-36(3)14-16/h4-6,11-14H,1,7-10H2,2-3H3,(H,30,35)(H,32,33,34). The second-order valence-corrected chi connectivity index (χ2v) is 9.85. The van der Waals surface area contributed by atoms with Crippen molar-refractivity contribution in [2.24, 2.45) is 7.05 Å². The van der Waals surface area contributed by atoms with Crippen LogP contribution in [0.4, 0.5) is 21.8 Å². The van der Waals surface area contributed by atoms with E-state index in [0.29, 0.717) is 48.6 Å². The number of benzene rings is 2. The lowest BCUT2D eigenvalue weighted by molar-refractivity contribution is -0.126. The molecule has 2 N–H and O–H groups in total. The maximum atomic E-state index is 16.6. The van der Waals surface area contributed by atoms with Gasteiger partial charge >= 0.3 is 0 Å². The van der Waals surface area contributed by atoms with E-state index in [9.17, 15) is 4.79 Å². The van der Waals surface area contributed by atoms with Gasteiger partial charge in [0.1, 0.15) is 11.3 Å². The number of hydrogen-bond donors (Lipinski definition) is 2. The summed E-state index contributed by atoms with van der Waals surface area (Å²) >= 11 is 6.81. The molecular weight excluding hydrogens is 521 g/mol. The van der Waals surface area contributed by atoms with Crippen LogP contribution in [0.1, 0.15) is 5.56 Å². The fraction of sp³-hybridized carbons (Fsp3) is 0.222. The van der Waals surface area contributed by atoms with E-state index in [1.54, 1.807) is 41.3 Å². The molecule has 0 unspecified atom stereocenters. The molecule has 6 rings (SSSR count). The Morgan fingerprint density at radius 1 is 1.15 bits per heavy atom. The van der Waals surface area contributed by atoms with Gasteiger partial charge in [0.15, 0.2) is 5.82 Å². The first kappa shape index (κ1) is 24.8. The largest absolute Gasteiger partial charge is 0.352 e. The second kappa shape index (κ2) is 9.66. The van der Waals surface area contributed by atoms with E-state index < -0.39 is 5.82 Å². The molecule has 0 saturated carbocycles. The van der Waals surface area contributed by atoms with Gasteiger partial charge in [-0.2, -0.15) is 15.2 Å². The van der Waals surface area contributed by atoms with E-state index in [1.807, 2.05) is 24.0 Å². The van der Waals surface area contributed by atoms with E-state index in [4.69, 9.17) is 16.6 Å². The van der Waals surface area contributed by atoms with Crippen LogP contribution in [0.3, 0.4) is 0 Å². The molecule has 39 heavy (non-hydrogen) atoms. The molecule has 0 bridgehead atoms. The highest BCUT2D eigenvalue weighted by Gasteiger charge is 2.27. The van der Waals surface area contributed by atoms with Crippen LogP contribution in [0, 0.1) is 12.7 Å². The van der Waals surface area contributed by atoms with Gasteiger partial charge < -0.3 is 15.1 Å². The van der Waals surface area contributed by atoms with Crippen molar-refractivity contribution < 1.29 is 9.18 Å². The normalized spacial score (nSPS) is 13.8. The number of amides is 1. The number of carbonyl (C=O) groups is 1. The summed E-state index contributed by atoms with van der Waals surface area (Å²) in [6, 6.07) is 5.53. The van der Waals surface area contributed by atoms with Crippen molar-refractivity contribution >= 4 is 56.8 Å². The molecule has 12 heteroatoms. The lowest BCUT2D eigenvalue weighted by atomic mass is 9.95. The molecule has 1 fully saturated rings. The van der Waals surface area contributed by atoms with Crippen molar-refractivity contribution in [2.45, 2.75) is 6.92 Å². The minimum atomic E-state index is -0.548. The van der Waals surface area contributed by atoms with Crippen molar-refractivity contribution in [2.75, 3.05) is 36.4 Å². The van der Waals surface area contributed by atoms with Crippen LogP contribution in [0.5, 0.6) is 0 Å². The van der Waals surface area contributed by atoms with Crippen LogP contribution in [0.15, 0.2) is 49.4 Å². The fourth-order valence-corrected chi connectivity index (χ4v) is 5.33. The predicted octanol–water partition coefficient (Wildman–Crippen LogP) is 4.59. The number of aryl methyl sites for hydroxylation is 2. The van der Waals surface area contributed by atoms with Crippen molar-refractivity contribution in [1.82, 2.24) is 34.8 Å². The monoisotopic (exact) mass is 545 g/mol. The Kier molecular flexibility index (Phi) is 6.15. The van der Waals surface area contributed by atoms with Gasteiger partial charge in [0.05, 0.1) is 28.6 Å². The van der Waals surface area contributed by atoms with E-state index in [1.165, 1.54) is 6.08 Å². The van der Waals surface area contributed by atoms with Gasteiger partial charge in [-0.05, 0) is 30.7 Å². The number of nitrogens with zero attached hydrogens (tertiary/aromatic N) is 7. The molecule has 10 nitrogen and oxygen atoms in total. The zero-order chi connectivity index (χ0) is 27.3. The van der Waals surface area contributed by atoms with Crippen LogP contribution < -0.4 is 10.2 Å². The third kappa shape index (κ3) is 4.34. The lowest BCUT2D eigenvalue weighted by Crippen LogP contribution is -2.48. The Labute approximate surface area is 228 Å². The van der Waals surface area contributed by atoms with Gasteiger partial charge in [-0.1, -0.05) is 24.2 Å². The van der Waals surface area contributed by atoms with Gasteiger partial charge in [0, 0.05) is 61.3 Å². The first-order valence-corrected chi connectivity index (χ1v) is 12.8. The molecule has 0 aliphatic carbocycles. The summed E-state index contributed by atoms with van der Waals surface area (Å²) in [6.45, 7) is 7.47. The zero-order valence-electron chi connectivity index (χ0n) is 21.4. The Hall–Kier alpha value is -4.51. The molecular formula is C27H25ClFN9O. The van der Waals surface area contributed by atoms with E-state index in [0.717, 1.165) is 16.5 Å². The second-order valence-electron chi connectivity index (χ2n) is 9.45. The molecule has 3 aromatic heterocycles. The highest BCUT2D eigenvalue weighted by Crippen LogP contribution is 2.42.